The van der Waals surface area contributed by atoms with E-state index in [1.165, 1.54) is 0 Å². The zero-order valence-corrected chi connectivity index (χ0v) is 16.2. The summed E-state index contributed by atoms with van der Waals surface area (Å²) in [6, 6.07) is 5.77. The van der Waals surface area contributed by atoms with Crippen molar-refractivity contribution >= 4 is 28.3 Å². The van der Waals surface area contributed by atoms with Crippen LogP contribution in [0.1, 0.15) is 36.3 Å². The van der Waals surface area contributed by atoms with Crippen molar-refractivity contribution in [2.24, 2.45) is 0 Å². The van der Waals surface area contributed by atoms with Crippen LogP contribution in [0.3, 0.4) is 0 Å². The van der Waals surface area contributed by atoms with Crippen molar-refractivity contribution in [3.05, 3.63) is 34.8 Å². The first kappa shape index (κ1) is 18.5. The second-order valence-electron chi connectivity index (χ2n) is 6.12. The van der Waals surface area contributed by atoms with Gasteiger partial charge in [0.2, 0.25) is 0 Å². The first-order chi connectivity index (χ1) is 12.6. The molecule has 0 aliphatic carbocycles. The van der Waals surface area contributed by atoms with Crippen LogP contribution in [0.15, 0.2) is 28.1 Å². The summed E-state index contributed by atoms with van der Waals surface area (Å²) in [7, 11) is 0. The zero-order chi connectivity index (χ0) is 18.5. The number of aromatic nitrogens is 2. The number of amides is 1. The van der Waals surface area contributed by atoms with Gasteiger partial charge in [-0.15, -0.1) is 11.3 Å². The maximum Gasteiger partial charge on any atom is 0.259 e. The highest BCUT2D eigenvalue weighted by Gasteiger charge is 2.19. The fourth-order valence-corrected chi connectivity index (χ4v) is 3.65. The van der Waals surface area contributed by atoms with Gasteiger partial charge in [-0.1, -0.05) is 25.1 Å². The third kappa shape index (κ3) is 3.94. The van der Waals surface area contributed by atoms with Crippen LogP contribution in [0.25, 0.3) is 21.7 Å². The van der Waals surface area contributed by atoms with Crippen LogP contribution in [0.5, 0.6) is 0 Å². The van der Waals surface area contributed by atoms with Crippen LogP contribution in [0.4, 0.5) is 0 Å². The molecule has 138 valence electrons. The van der Waals surface area contributed by atoms with Crippen LogP contribution in [-0.2, 0) is 0 Å². The lowest BCUT2D eigenvalue weighted by Crippen LogP contribution is -2.30. The number of carbonyl (C=O) groups is 1. The Kier molecular flexibility index (Phi) is 6.00. The number of nitrogens with one attached hydrogen (secondary N) is 1. The van der Waals surface area contributed by atoms with Crippen molar-refractivity contribution in [2.75, 3.05) is 26.2 Å². The summed E-state index contributed by atoms with van der Waals surface area (Å²) in [5.41, 5.74) is 2.39. The molecule has 0 aliphatic heterocycles. The van der Waals surface area contributed by atoms with E-state index in [0.717, 1.165) is 36.6 Å². The molecule has 7 heteroatoms. The lowest BCUT2D eigenvalue weighted by atomic mass is 10.1. The molecule has 0 saturated carbocycles. The van der Waals surface area contributed by atoms with E-state index < -0.39 is 0 Å². The van der Waals surface area contributed by atoms with Crippen molar-refractivity contribution in [3.8, 4) is 10.6 Å². The van der Waals surface area contributed by atoms with Crippen molar-refractivity contribution in [3.63, 3.8) is 0 Å². The van der Waals surface area contributed by atoms with Crippen molar-refractivity contribution in [1.29, 1.82) is 0 Å². The SMILES string of the molecule is CCN(CC)CCCNC(=O)c1cc(-c2cccs2)nc2onc(C)c12. The number of hydrogen-bond acceptors (Lipinski definition) is 6. The second kappa shape index (κ2) is 8.42. The Labute approximate surface area is 157 Å². The summed E-state index contributed by atoms with van der Waals surface area (Å²) in [6.45, 7) is 9.80. The van der Waals surface area contributed by atoms with Gasteiger partial charge in [-0.05, 0) is 50.5 Å². The molecule has 3 rings (SSSR count). The van der Waals surface area contributed by atoms with Gasteiger partial charge in [0.05, 0.1) is 27.2 Å². The average Bonchev–Trinajstić information content (AvgIpc) is 3.31. The summed E-state index contributed by atoms with van der Waals surface area (Å²) in [5.74, 6) is -0.110. The second-order valence-corrected chi connectivity index (χ2v) is 7.06. The standard InChI is InChI=1S/C19H24N4O2S/c1-4-23(5-2)10-7-9-20-18(24)14-12-15(16-8-6-11-26-16)21-19-17(14)13(3)22-25-19/h6,8,11-12H,4-5,7,9-10H2,1-3H3,(H,20,24). The topological polar surface area (TPSA) is 71.3 Å². The molecule has 3 aromatic rings. The van der Waals surface area contributed by atoms with E-state index in [9.17, 15) is 4.79 Å². The van der Waals surface area contributed by atoms with E-state index in [4.69, 9.17) is 4.52 Å². The fourth-order valence-electron chi connectivity index (χ4n) is 2.96. The Morgan fingerprint density at radius 3 is 2.85 bits per heavy atom. The smallest absolute Gasteiger partial charge is 0.259 e. The Morgan fingerprint density at radius 1 is 1.35 bits per heavy atom. The highest BCUT2D eigenvalue weighted by atomic mass is 32.1. The fraction of sp³-hybridized carbons (Fsp3) is 0.421. The molecular weight excluding hydrogens is 348 g/mol. The molecule has 0 saturated heterocycles. The first-order valence-electron chi connectivity index (χ1n) is 8.95. The molecule has 3 heterocycles. The summed E-state index contributed by atoms with van der Waals surface area (Å²) in [4.78, 5) is 20.7. The van der Waals surface area contributed by atoms with Gasteiger partial charge >= 0.3 is 0 Å². The quantitative estimate of drug-likeness (QED) is 0.610. The molecule has 0 spiro atoms. The van der Waals surface area contributed by atoms with Crippen LogP contribution in [-0.4, -0.2) is 47.1 Å². The predicted octanol–water partition coefficient (Wildman–Crippen LogP) is 3.72. The highest BCUT2D eigenvalue weighted by Crippen LogP contribution is 2.29. The number of aryl methyl sites for hydroxylation is 1. The molecular formula is C19H24N4O2S. The molecule has 0 bridgehead atoms. The Morgan fingerprint density at radius 2 is 2.15 bits per heavy atom. The zero-order valence-electron chi connectivity index (χ0n) is 15.4. The Balaban J connectivity index is 1.79. The summed E-state index contributed by atoms with van der Waals surface area (Å²) in [6.07, 6.45) is 0.919. The van der Waals surface area contributed by atoms with Gasteiger partial charge in [0, 0.05) is 6.54 Å². The molecule has 6 nitrogen and oxygen atoms in total. The number of thiophene rings is 1. The number of carbonyl (C=O) groups excluding carboxylic acids is 1. The molecule has 0 aromatic carbocycles. The number of fused-ring (bicyclic) bond motifs is 1. The minimum atomic E-state index is -0.110. The minimum absolute atomic E-state index is 0.110. The first-order valence-corrected chi connectivity index (χ1v) is 9.83. The van der Waals surface area contributed by atoms with E-state index in [2.05, 4.69) is 34.2 Å². The van der Waals surface area contributed by atoms with E-state index in [1.54, 1.807) is 11.3 Å². The molecule has 0 atom stereocenters. The largest absolute Gasteiger partial charge is 0.352 e. The monoisotopic (exact) mass is 372 g/mol. The van der Waals surface area contributed by atoms with Crippen LogP contribution in [0.2, 0.25) is 0 Å². The number of rotatable bonds is 8. The molecule has 0 fully saturated rings. The lowest BCUT2D eigenvalue weighted by Gasteiger charge is -2.17. The molecule has 0 radical (unpaired) electrons. The van der Waals surface area contributed by atoms with Gasteiger partial charge < -0.3 is 14.7 Å². The molecule has 1 amide bonds. The van der Waals surface area contributed by atoms with Crippen molar-refractivity contribution in [1.82, 2.24) is 20.4 Å². The average molecular weight is 372 g/mol. The Bertz CT molecular complexity index is 869. The Hall–Kier alpha value is -2.25. The molecule has 0 unspecified atom stereocenters. The molecule has 0 aliphatic rings. The lowest BCUT2D eigenvalue weighted by molar-refractivity contribution is 0.0953. The summed E-state index contributed by atoms with van der Waals surface area (Å²) >= 11 is 1.58. The van der Waals surface area contributed by atoms with Gasteiger partial charge in [0.1, 0.15) is 0 Å². The van der Waals surface area contributed by atoms with Crippen LogP contribution in [0, 0.1) is 6.92 Å². The van der Waals surface area contributed by atoms with Crippen molar-refractivity contribution in [2.45, 2.75) is 27.2 Å². The number of hydrogen-bond donors (Lipinski definition) is 1. The van der Waals surface area contributed by atoms with Crippen molar-refractivity contribution < 1.29 is 9.32 Å². The number of nitrogens with zero attached hydrogens (tertiary/aromatic N) is 3. The van der Waals surface area contributed by atoms with Gasteiger partial charge in [-0.25, -0.2) is 4.98 Å². The minimum Gasteiger partial charge on any atom is -0.352 e. The van der Waals surface area contributed by atoms with Gasteiger partial charge in [-0.3, -0.25) is 4.79 Å². The van der Waals surface area contributed by atoms with E-state index in [-0.39, 0.29) is 5.91 Å². The third-order valence-corrected chi connectivity index (χ3v) is 5.36. The molecule has 3 aromatic heterocycles. The van der Waals surface area contributed by atoms with Gasteiger partial charge in [-0.2, -0.15) is 0 Å². The van der Waals surface area contributed by atoms with Crippen LogP contribution >= 0.6 is 11.3 Å². The van der Waals surface area contributed by atoms with E-state index in [0.29, 0.717) is 28.9 Å². The molecule has 1 N–H and O–H groups in total. The summed E-state index contributed by atoms with van der Waals surface area (Å²) < 4.78 is 5.32. The van der Waals surface area contributed by atoms with Gasteiger partial charge in [0.15, 0.2) is 0 Å². The maximum atomic E-state index is 12.8. The number of pyridine rings is 1. The molecule has 26 heavy (non-hydrogen) atoms. The summed E-state index contributed by atoms with van der Waals surface area (Å²) in [5, 5.41) is 9.68. The third-order valence-electron chi connectivity index (χ3n) is 4.47. The van der Waals surface area contributed by atoms with Crippen LogP contribution < -0.4 is 5.32 Å². The van der Waals surface area contributed by atoms with E-state index >= 15 is 0 Å². The maximum absolute atomic E-state index is 12.8. The predicted molar refractivity (Wildman–Crippen MR) is 105 cm³/mol. The van der Waals surface area contributed by atoms with E-state index in [1.807, 2.05) is 30.5 Å². The normalized spacial score (nSPS) is 11.4. The van der Waals surface area contributed by atoms with Gasteiger partial charge in [0.25, 0.3) is 11.6 Å². The highest BCUT2D eigenvalue weighted by molar-refractivity contribution is 7.13.